The number of anilines is 1. The van der Waals surface area contributed by atoms with E-state index in [1.54, 1.807) is 12.1 Å². The molecule has 1 amide bonds. The van der Waals surface area contributed by atoms with Crippen molar-refractivity contribution in [1.82, 2.24) is 10.2 Å². The summed E-state index contributed by atoms with van der Waals surface area (Å²) in [7, 11) is 0. The van der Waals surface area contributed by atoms with Gasteiger partial charge in [-0.3, -0.25) is 9.59 Å². The molecule has 3 aromatic rings. The van der Waals surface area contributed by atoms with Crippen LogP contribution in [-0.4, -0.2) is 28.2 Å². The Morgan fingerprint density at radius 1 is 1.07 bits per heavy atom. The van der Waals surface area contributed by atoms with Crippen LogP contribution in [-0.2, 0) is 9.53 Å². The molecule has 2 N–H and O–H groups in total. The molecule has 0 saturated carbocycles. The van der Waals surface area contributed by atoms with Crippen molar-refractivity contribution in [2.24, 2.45) is 0 Å². The minimum Gasteiger partial charge on any atom is -0.448 e. The number of halogens is 3. The van der Waals surface area contributed by atoms with Gasteiger partial charge in [0.15, 0.2) is 29.2 Å². The van der Waals surface area contributed by atoms with Crippen LogP contribution in [0, 0.1) is 17.5 Å². The van der Waals surface area contributed by atoms with Crippen molar-refractivity contribution in [1.29, 1.82) is 0 Å². The van der Waals surface area contributed by atoms with Crippen LogP contribution in [0.4, 0.5) is 18.9 Å². The number of nitrogens with one attached hydrogen (secondary N) is 2. The van der Waals surface area contributed by atoms with Crippen LogP contribution in [0.2, 0.25) is 0 Å². The standard InChI is InChI=1S/C18H12F3N3O4/c1-8(16(25)22-12-7-6-11(19)13(20)14(12)21)28-18(27)15-9-4-2-3-5-10(9)17(26)24-23-15/h2-8H,1H3,(H,22,25)(H,24,26)/t8-/m0/s1. The lowest BCUT2D eigenvalue weighted by molar-refractivity contribution is -0.123. The first-order chi connectivity index (χ1) is 13.3. The Morgan fingerprint density at radius 3 is 2.46 bits per heavy atom. The Bertz CT molecular complexity index is 1150. The van der Waals surface area contributed by atoms with Crippen LogP contribution in [0.25, 0.3) is 10.8 Å². The van der Waals surface area contributed by atoms with Crippen LogP contribution in [0.5, 0.6) is 0 Å². The van der Waals surface area contributed by atoms with E-state index in [1.807, 2.05) is 5.32 Å². The Balaban J connectivity index is 1.78. The molecule has 0 aliphatic heterocycles. The maximum atomic E-state index is 13.6. The molecule has 7 nitrogen and oxygen atoms in total. The molecule has 0 unspecified atom stereocenters. The number of hydrogen-bond acceptors (Lipinski definition) is 5. The Kier molecular flexibility index (Phi) is 5.12. The third-order valence-electron chi connectivity index (χ3n) is 3.84. The number of carbonyl (C=O) groups is 2. The van der Waals surface area contributed by atoms with Crippen molar-refractivity contribution in [3.63, 3.8) is 0 Å². The number of aromatic nitrogens is 2. The molecule has 144 valence electrons. The minimum atomic E-state index is -1.74. The number of H-pyrrole nitrogens is 1. The van der Waals surface area contributed by atoms with Gasteiger partial charge < -0.3 is 10.1 Å². The van der Waals surface area contributed by atoms with Gasteiger partial charge in [-0.05, 0) is 25.1 Å². The van der Waals surface area contributed by atoms with E-state index in [0.717, 1.165) is 6.07 Å². The fourth-order valence-electron chi connectivity index (χ4n) is 2.40. The van der Waals surface area contributed by atoms with Crippen molar-refractivity contribution in [3.8, 4) is 0 Å². The molecule has 1 aromatic heterocycles. The average molecular weight is 391 g/mol. The molecule has 0 aliphatic carbocycles. The molecule has 10 heteroatoms. The number of rotatable bonds is 4. The third-order valence-corrected chi connectivity index (χ3v) is 3.84. The Hall–Kier alpha value is -3.69. The van der Waals surface area contributed by atoms with Crippen molar-refractivity contribution in [2.75, 3.05) is 5.32 Å². The highest BCUT2D eigenvalue weighted by molar-refractivity contribution is 6.03. The monoisotopic (exact) mass is 391 g/mol. The quantitative estimate of drug-likeness (QED) is 0.526. The molecule has 0 fully saturated rings. The number of benzene rings is 2. The first-order valence-electron chi connectivity index (χ1n) is 7.92. The summed E-state index contributed by atoms with van der Waals surface area (Å²) in [6.07, 6.45) is -1.42. The van der Waals surface area contributed by atoms with Gasteiger partial charge in [-0.1, -0.05) is 18.2 Å². The van der Waals surface area contributed by atoms with Gasteiger partial charge in [0.1, 0.15) is 0 Å². The van der Waals surface area contributed by atoms with Crippen LogP contribution in [0.1, 0.15) is 17.4 Å². The topological polar surface area (TPSA) is 101 Å². The number of nitrogens with zero attached hydrogens (tertiary/aromatic N) is 1. The predicted octanol–water partition coefficient (Wildman–Crippen LogP) is 2.52. The summed E-state index contributed by atoms with van der Waals surface area (Å²) in [5.41, 5.74) is -1.35. The number of amides is 1. The number of aromatic amines is 1. The van der Waals surface area contributed by atoms with Gasteiger partial charge >= 0.3 is 5.97 Å². The zero-order valence-electron chi connectivity index (χ0n) is 14.3. The average Bonchev–Trinajstić information content (AvgIpc) is 2.68. The van der Waals surface area contributed by atoms with Crippen molar-refractivity contribution in [2.45, 2.75) is 13.0 Å². The van der Waals surface area contributed by atoms with E-state index >= 15 is 0 Å². The lowest BCUT2D eigenvalue weighted by Crippen LogP contribution is -2.31. The van der Waals surface area contributed by atoms with E-state index < -0.39 is 46.7 Å². The fraction of sp³-hybridized carbons (Fsp3) is 0.111. The van der Waals surface area contributed by atoms with E-state index in [-0.39, 0.29) is 16.5 Å². The molecule has 1 heterocycles. The first kappa shape index (κ1) is 19.1. The van der Waals surface area contributed by atoms with E-state index in [4.69, 9.17) is 4.74 Å². The summed E-state index contributed by atoms with van der Waals surface area (Å²) in [5.74, 6) is -6.73. The van der Waals surface area contributed by atoms with Gasteiger partial charge in [0, 0.05) is 5.39 Å². The largest absolute Gasteiger partial charge is 0.448 e. The van der Waals surface area contributed by atoms with Gasteiger partial charge in [-0.15, -0.1) is 0 Å². The number of esters is 1. The molecule has 0 spiro atoms. The van der Waals surface area contributed by atoms with Crippen LogP contribution in [0.15, 0.2) is 41.2 Å². The zero-order chi connectivity index (χ0) is 20.4. The van der Waals surface area contributed by atoms with Crippen molar-refractivity contribution < 1.29 is 27.5 Å². The second-order valence-corrected chi connectivity index (χ2v) is 5.71. The van der Waals surface area contributed by atoms with Gasteiger partial charge in [0.2, 0.25) is 0 Å². The predicted molar refractivity (Wildman–Crippen MR) is 92.2 cm³/mol. The van der Waals surface area contributed by atoms with Gasteiger partial charge in [0.05, 0.1) is 11.1 Å². The van der Waals surface area contributed by atoms with Gasteiger partial charge in [-0.2, -0.15) is 5.10 Å². The van der Waals surface area contributed by atoms with Crippen LogP contribution >= 0.6 is 0 Å². The smallest absolute Gasteiger partial charge is 0.360 e. The lowest BCUT2D eigenvalue weighted by atomic mass is 10.1. The highest BCUT2D eigenvalue weighted by Crippen LogP contribution is 2.20. The van der Waals surface area contributed by atoms with Crippen molar-refractivity contribution in [3.05, 3.63) is 69.9 Å². The summed E-state index contributed by atoms with van der Waals surface area (Å²) in [6.45, 7) is 1.19. The molecule has 0 aliphatic rings. The Morgan fingerprint density at radius 2 is 1.75 bits per heavy atom. The number of ether oxygens (including phenoxy) is 1. The van der Waals surface area contributed by atoms with Crippen LogP contribution in [0.3, 0.4) is 0 Å². The SMILES string of the molecule is C[C@H](OC(=O)c1n[nH]c(=O)c2ccccc12)C(=O)Nc1ccc(F)c(F)c1F. The molecular weight excluding hydrogens is 379 g/mol. The molecule has 3 rings (SSSR count). The van der Waals surface area contributed by atoms with E-state index in [1.165, 1.54) is 19.1 Å². The number of fused-ring (bicyclic) bond motifs is 1. The van der Waals surface area contributed by atoms with Crippen LogP contribution < -0.4 is 10.9 Å². The molecular formula is C18H12F3N3O4. The summed E-state index contributed by atoms with van der Waals surface area (Å²) in [5, 5.41) is 8.22. The van der Waals surface area contributed by atoms with Gasteiger partial charge in [0.25, 0.3) is 11.5 Å². The molecule has 2 aromatic carbocycles. The summed E-state index contributed by atoms with van der Waals surface area (Å²) in [4.78, 5) is 36.2. The number of carbonyl (C=O) groups excluding carboxylic acids is 2. The Labute approximate surface area is 155 Å². The summed E-state index contributed by atoms with van der Waals surface area (Å²) < 4.78 is 44.8. The molecule has 1 atom stereocenters. The highest BCUT2D eigenvalue weighted by Gasteiger charge is 2.24. The molecule has 0 bridgehead atoms. The molecule has 0 radical (unpaired) electrons. The second kappa shape index (κ2) is 7.51. The lowest BCUT2D eigenvalue weighted by Gasteiger charge is -2.14. The maximum absolute atomic E-state index is 13.6. The molecule has 28 heavy (non-hydrogen) atoms. The molecule has 0 saturated heterocycles. The van der Waals surface area contributed by atoms with E-state index in [9.17, 15) is 27.6 Å². The second-order valence-electron chi connectivity index (χ2n) is 5.71. The number of hydrogen-bond donors (Lipinski definition) is 2. The highest BCUT2D eigenvalue weighted by atomic mass is 19.2. The third kappa shape index (κ3) is 3.56. The minimum absolute atomic E-state index is 0.199. The first-order valence-corrected chi connectivity index (χ1v) is 7.92. The summed E-state index contributed by atoms with van der Waals surface area (Å²) >= 11 is 0. The van der Waals surface area contributed by atoms with Gasteiger partial charge in [-0.25, -0.2) is 23.1 Å². The fourth-order valence-corrected chi connectivity index (χ4v) is 2.40. The van der Waals surface area contributed by atoms with E-state index in [0.29, 0.717) is 6.07 Å². The van der Waals surface area contributed by atoms with E-state index in [2.05, 4.69) is 10.2 Å². The zero-order valence-corrected chi connectivity index (χ0v) is 14.3. The summed E-state index contributed by atoms with van der Waals surface area (Å²) in [6, 6.07) is 7.61. The van der Waals surface area contributed by atoms with Crippen molar-refractivity contribution >= 4 is 28.3 Å². The normalized spacial score (nSPS) is 11.9. The maximum Gasteiger partial charge on any atom is 0.360 e.